The number of hydrogen-bond acceptors (Lipinski definition) is 3. The number of aliphatic hydroxyl groups excluding tert-OH is 1. The molecule has 1 aliphatic rings. The fourth-order valence-electron chi connectivity index (χ4n) is 2.35. The van der Waals surface area contributed by atoms with Crippen LogP contribution >= 0.6 is 0 Å². The Morgan fingerprint density at radius 3 is 2.42 bits per heavy atom. The minimum atomic E-state index is -0.398. The summed E-state index contributed by atoms with van der Waals surface area (Å²) >= 11 is 0. The molecule has 0 aromatic heterocycles. The summed E-state index contributed by atoms with van der Waals surface area (Å²) in [5, 5.41) is 10.1. The Kier molecular flexibility index (Phi) is 4.93. The first-order valence-electron chi connectivity index (χ1n) is 6.85. The second-order valence-electron chi connectivity index (χ2n) is 5.20. The van der Waals surface area contributed by atoms with Crippen LogP contribution in [-0.4, -0.2) is 54.0 Å². The Hall–Kier alpha value is -1.39. The maximum absolute atomic E-state index is 10.6. The second kappa shape index (κ2) is 6.68. The molecule has 4 heteroatoms. The van der Waals surface area contributed by atoms with Gasteiger partial charge in [0.25, 0.3) is 0 Å². The van der Waals surface area contributed by atoms with Crippen molar-refractivity contribution in [2.24, 2.45) is 0 Å². The van der Waals surface area contributed by atoms with Crippen LogP contribution in [0.1, 0.15) is 23.7 Å². The Morgan fingerprint density at radius 1 is 1.21 bits per heavy atom. The lowest BCUT2D eigenvalue weighted by Gasteiger charge is -2.32. The van der Waals surface area contributed by atoms with Crippen molar-refractivity contribution in [3.63, 3.8) is 0 Å². The zero-order chi connectivity index (χ0) is 13.7. The van der Waals surface area contributed by atoms with Gasteiger partial charge in [-0.2, -0.15) is 0 Å². The lowest BCUT2D eigenvalue weighted by molar-refractivity contribution is -0.119. The summed E-state index contributed by atoms with van der Waals surface area (Å²) in [4.78, 5) is 14.7. The Bertz CT molecular complexity index is 397. The maximum Gasteiger partial charge on any atom is 0.209 e. The van der Waals surface area contributed by atoms with Gasteiger partial charge in [-0.3, -0.25) is 9.69 Å². The average Bonchev–Trinajstić information content (AvgIpc) is 2.46. The molecule has 0 radical (unpaired) electrons. The number of nitrogens with zero attached hydrogens (tertiary/aromatic N) is 2. The normalized spacial score (nSPS) is 18.3. The molecule has 104 valence electrons. The van der Waals surface area contributed by atoms with E-state index in [1.165, 1.54) is 5.56 Å². The van der Waals surface area contributed by atoms with Gasteiger partial charge >= 0.3 is 0 Å². The predicted octanol–water partition coefficient (Wildman–Crippen LogP) is 1.19. The van der Waals surface area contributed by atoms with E-state index in [-0.39, 0.29) is 0 Å². The maximum atomic E-state index is 10.6. The van der Waals surface area contributed by atoms with E-state index < -0.39 is 6.10 Å². The smallest absolute Gasteiger partial charge is 0.209 e. The number of carbonyl (C=O) groups excluding carboxylic acids is 1. The van der Waals surface area contributed by atoms with E-state index in [2.05, 4.69) is 4.90 Å². The van der Waals surface area contributed by atoms with Crippen LogP contribution in [-0.2, 0) is 4.79 Å². The minimum Gasteiger partial charge on any atom is -0.388 e. The summed E-state index contributed by atoms with van der Waals surface area (Å²) < 4.78 is 0. The standard InChI is InChI=1S/C15H22N2O2/c1-13-2-4-14(5-3-13)15(19)6-7-16-8-10-17(12-18)11-9-16/h2-5,12,15,19H,6-11H2,1H3. The molecule has 4 nitrogen and oxygen atoms in total. The monoisotopic (exact) mass is 262 g/mol. The molecule has 0 aliphatic carbocycles. The molecular weight excluding hydrogens is 240 g/mol. The number of aryl methyl sites for hydroxylation is 1. The molecule has 1 N–H and O–H groups in total. The fourth-order valence-corrected chi connectivity index (χ4v) is 2.35. The first-order chi connectivity index (χ1) is 9.19. The van der Waals surface area contributed by atoms with E-state index in [1.807, 2.05) is 31.2 Å². The third-order valence-electron chi connectivity index (χ3n) is 3.74. The number of benzene rings is 1. The topological polar surface area (TPSA) is 43.8 Å². The van der Waals surface area contributed by atoms with Crippen LogP contribution in [0.2, 0.25) is 0 Å². The van der Waals surface area contributed by atoms with Crippen molar-refractivity contribution in [1.29, 1.82) is 0 Å². The molecular formula is C15H22N2O2. The van der Waals surface area contributed by atoms with Crippen LogP contribution in [0.5, 0.6) is 0 Å². The molecule has 1 saturated heterocycles. The van der Waals surface area contributed by atoms with Crippen LogP contribution in [0, 0.1) is 6.92 Å². The largest absolute Gasteiger partial charge is 0.388 e. The van der Waals surface area contributed by atoms with Crippen LogP contribution < -0.4 is 0 Å². The molecule has 1 heterocycles. The Balaban J connectivity index is 1.76. The van der Waals surface area contributed by atoms with Gasteiger partial charge in [0.2, 0.25) is 6.41 Å². The van der Waals surface area contributed by atoms with Crippen molar-refractivity contribution >= 4 is 6.41 Å². The molecule has 1 aromatic rings. The van der Waals surface area contributed by atoms with Crippen molar-refractivity contribution in [3.8, 4) is 0 Å². The zero-order valence-corrected chi connectivity index (χ0v) is 11.5. The van der Waals surface area contributed by atoms with E-state index in [9.17, 15) is 9.90 Å². The van der Waals surface area contributed by atoms with Gasteiger partial charge in [-0.25, -0.2) is 0 Å². The molecule has 0 saturated carbocycles. The highest BCUT2D eigenvalue weighted by molar-refractivity contribution is 5.47. The van der Waals surface area contributed by atoms with Gasteiger partial charge in [-0.1, -0.05) is 29.8 Å². The van der Waals surface area contributed by atoms with Crippen LogP contribution in [0.4, 0.5) is 0 Å². The molecule has 1 aromatic carbocycles. The summed E-state index contributed by atoms with van der Waals surface area (Å²) in [5.74, 6) is 0. The molecule has 19 heavy (non-hydrogen) atoms. The van der Waals surface area contributed by atoms with E-state index in [1.54, 1.807) is 4.90 Å². The number of amides is 1. The minimum absolute atomic E-state index is 0.398. The summed E-state index contributed by atoms with van der Waals surface area (Å²) in [5.41, 5.74) is 2.19. The fraction of sp³-hybridized carbons (Fsp3) is 0.533. The van der Waals surface area contributed by atoms with Gasteiger partial charge in [-0.05, 0) is 18.9 Å². The van der Waals surface area contributed by atoms with Gasteiger partial charge < -0.3 is 10.0 Å². The van der Waals surface area contributed by atoms with Crippen LogP contribution in [0.15, 0.2) is 24.3 Å². The van der Waals surface area contributed by atoms with Gasteiger partial charge in [0.15, 0.2) is 0 Å². The van der Waals surface area contributed by atoms with E-state index in [0.29, 0.717) is 0 Å². The number of piperazine rings is 1. The number of hydrogen-bond donors (Lipinski definition) is 1. The first kappa shape index (κ1) is 14.0. The van der Waals surface area contributed by atoms with Crippen molar-refractivity contribution in [2.75, 3.05) is 32.7 Å². The third-order valence-corrected chi connectivity index (χ3v) is 3.74. The van der Waals surface area contributed by atoms with E-state index >= 15 is 0 Å². The highest BCUT2D eigenvalue weighted by Gasteiger charge is 2.16. The molecule has 0 bridgehead atoms. The van der Waals surface area contributed by atoms with Gasteiger partial charge in [0.1, 0.15) is 0 Å². The number of rotatable bonds is 5. The first-order valence-corrected chi connectivity index (χ1v) is 6.85. The SMILES string of the molecule is Cc1ccc(C(O)CCN2CCN(C=O)CC2)cc1. The average molecular weight is 262 g/mol. The molecule has 1 atom stereocenters. The zero-order valence-electron chi connectivity index (χ0n) is 11.5. The lowest BCUT2D eigenvalue weighted by Crippen LogP contribution is -2.46. The Labute approximate surface area is 114 Å². The third kappa shape index (κ3) is 4.04. The lowest BCUT2D eigenvalue weighted by atomic mass is 10.0. The molecule has 0 spiro atoms. The van der Waals surface area contributed by atoms with Gasteiger partial charge in [0.05, 0.1) is 6.10 Å². The highest BCUT2D eigenvalue weighted by Crippen LogP contribution is 2.17. The summed E-state index contributed by atoms with van der Waals surface area (Å²) in [6.45, 7) is 6.32. The summed E-state index contributed by atoms with van der Waals surface area (Å²) in [6, 6.07) is 8.04. The molecule has 1 unspecified atom stereocenters. The quantitative estimate of drug-likeness (QED) is 0.811. The van der Waals surface area contributed by atoms with Crippen LogP contribution in [0.25, 0.3) is 0 Å². The van der Waals surface area contributed by atoms with E-state index in [4.69, 9.17) is 0 Å². The summed E-state index contributed by atoms with van der Waals surface area (Å²) in [7, 11) is 0. The second-order valence-corrected chi connectivity index (χ2v) is 5.20. The Morgan fingerprint density at radius 2 is 1.84 bits per heavy atom. The van der Waals surface area contributed by atoms with Gasteiger partial charge in [0, 0.05) is 32.7 Å². The summed E-state index contributed by atoms with van der Waals surface area (Å²) in [6.07, 6.45) is 1.26. The van der Waals surface area contributed by atoms with Crippen molar-refractivity contribution in [3.05, 3.63) is 35.4 Å². The highest BCUT2D eigenvalue weighted by atomic mass is 16.3. The van der Waals surface area contributed by atoms with Crippen molar-refractivity contribution in [2.45, 2.75) is 19.4 Å². The number of aliphatic hydroxyl groups is 1. The van der Waals surface area contributed by atoms with E-state index in [0.717, 1.165) is 51.1 Å². The predicted molar refractivity (Wildman–Crippen MR) is 74.8 cm³/mol. The molecule has 2 rings (SSSR count). The number of carbonyl (C=O) groups is 1. The van der Waals surface area contributed by atoms with Crippen molar-refractivity contribution in [1.82, 2.24) is 9.80 Å². The van der Waals surface area contributed by atoms with Gasteiger partial charge in [-0.15, -0.1) is 0 Å². The molecule has 1 fully saturated rings. The molecule has 1 aliphatic heterocycles. The van der Waals surface area contributed by atoms with Crippen LogP contribution in [0.3, 0.4) is 0 Å². The molecule has 1 amide bonds. The van der Waals surface area contributed by atoms with Crippen molar-refractivity contribution < 1.29 is 9.90 Å².